The highest BCUT2D eigenvalue weighted by Crippen LogP contribution is 2.18. The van der Waals surface area contributed by atoms with Crippen LogP contribution >= 0.6 is 0 Å². The van der Waals surface area contributed by atoms with E-state index in [1.807, 2.05) is 0 Å². The lowest BCUT2D eigenvalue weighted by molar-refractivity contribution is 0.211. The maximum absolute atomic E-state index is 13.3. The first-order valence-corrected chi connectivity index (χ1v) is 6.35. The van der Waals surface area contributed by atoms with Gasteiger partial charge in [-0.1, -0.05) is 12.1 Å². The zero-order chi connectivity index (χ0) is 15.1. The Labute approximate surface area is 121 Å². The van der Waals surface area contributed by atoms with Crippen molar-refractivity contribution in [1.29, 1.82) is 5.26 Å². The number of rotatable bonds is 6. The predicted octanol–water partition coefficient (Wildman–Crippen LogP) is 3.49. The summed E-state index contributed by atoms with van der Waals surface area (Å²) < 4.78 is 36.7. The second-order valence-corrected chi connectivity index (χ2v) is 4.25. The zero-order valence-corrected chi connectivity index (χ0v) is 11.2. The molecule has 0 N–H and O–H groups in total. The van der Waals surface area contributed by atoms with Crippen LogP contribution in [0.1, 0.15) is 5.56 Å². The van der Waals surface area contributed by atoms with Crippen molar-refractivity contribution in [3.63, 3.8) is 0 Å². The van der Waals surface area contributed by atoms with Crippen LogP contribution in [0.15, 0.2) is 42.5 Å². The van der Waals surface area contributed by atoms with Crippen LogP contribution in [0.3, 0.4) is 0 Å². The molecule has 0 saturated carbocycles. The van der Waals surface area contributed by atoms with Crippen LogP contribution in [-0.2, 0) is 6.42 Å². The van der Waals surface area contributed by atoms with Crippen LogP contribution in [0.2, 0.25) is 0 Å². The van der Waals surface area contributed by atoms with Crippen LogP contribution in [0, 0.1) is 23.0 Å². The van der Waals surface area contributed by atoms with Gasteiger partial charge in [0.05, 0.1) is 12.5 Å². The summed E-state index contributed by atoms with van der Waals surface area (Å²) in [5, 5.41) is 8.56. The molecule has 21 heavy (non-hydrogen) atoms. The van der Waals surface area contributed by atoms with Gasteiger partial charge in [-0.25, -0.2) is 8.78 Å². The Bertz CT molecular complexity index is 636. The average molecular weight is 289 g/mol. The first-order valence-electron chi connectivity index (χ1n) is 6.35. The topological polar surface area (TPSA) is 42.2 Å². The van der Waals surface area contributed by atoms with E-state index in [0.29, 0.717) is 12.2 Å². The van der Waals surface area contributed by atoms with Gasteiger partial charge in [0.1, 0.15) is 24.8 Å². The molecule has 0 saturated heterocycles. The molecule has 0 aliphatic carbocycles. The molecule has 2 rings (SSSR count). The van der Waals surface area contributed by atoms with Gasteiger partial charge in [0.15, 0.2) is 11.6 Å². The van der Waals surface area contributed by atoms with Gasteiger partial charge in [0, 0.05) is 6.07 Å². The molecule has 0 aliphatic heterocycles. The van der Waals surface area contributed by atoms with Crippen molar-refractivity contribution in [3.05, 3.63) is 59.7 Å². The van der Waals surface area contributed by atoms with Crippen LogP contribution < -0.4 is 9.47 Å². The molecule has 5 heteroatoms. The summed E-state index contributed by atoms with van der Waals surface area (Å²) in [5.74, 6) is -0.680. The lowest BCUT2D eigenvalue weighted by Crippen LogP contribution is -2.09. The van der Waals surface area contributed by atoms with Crippen molar-refractivity contribution in [2.24, 2.45) is 0 Å². The first kappa shape index (κ1) is 14.8. The number of benzene rings is 2. The molecular formula is C16H13F2NO2. The van der Waals surface area contributed by atoms with E-state index in [1.54, 1.807) is 24.3 Å². The van der Waals surface area contributed by atoms with Crippen molar-refractivity contribution in [2.75, 3.05) is 13.2 Å². The summed E-state index contributed by atoms with van der Waals surface area (Å²) in [6.07, 6.45) is 0.349. The van der Waals surface area contributed by atoms with Crippen molar-refractivity contribution in [3.8, 4) is 17.6 Å². The van der Waals surface area contributed by atoms with Crippen LogP contribution in [-0.4, -0.2) is 13.2 Å². The molecule has 2 aromatic rings. The summed E-state index contributed by atoms with van der Waals surface area (Å²) in [4.78, 5) is 0. The molecule has 0 aromatic heterocycles. The Kier molecular flexibility index (Phi) is 5.10. The highest BCUT2D eigenvalue weighted by Gasteiger charge is 2.04. The first-order chi connectivity index (χ1) is 10.2. The van der Waals surface area contributed by atoms with Gasteiger partial charge in [0.25, 0.3) is 0 Å². The number of ether oxygens (including phenoxy) is 2. The lowest BCUT2D eigenvalue weighted by Gasteiger charge is -2.09. The highest BCUT2D eigenvalue weighted by molar-refractivity contribution is 5.28. The highest BCUT2D eigenvalue weighted by atomic mass is 19.1. The van der Waals surface area contributed by atoms with Gasteiger partial charge in [-0.3, -0.25) is 0 Å². The molecule has 0 heterocycles. The van der Waals surface area contributed by atoms with Gasteiger partial charge < -0.3 is 9.47 Å². The molecule has 3 nitrogen and oxygen atoms in total. The Morgan fingerprint density at radius 1 is 0.952 bits per heavy atom. The minimum Gasteiger partial charge on any atom is -0.490 e. The Morgan fingerprint density at radius 3 is 2.38 bits per heavy atom. The molecule has 2 aromatic carbocycles. The Hall–Kier alpha value is -2.61. The molecular weight excluding hydrogens is 276 g/mol. The summed E-state index contributed by atoms with van der Waals surface area (Å²) in [6.45, 7) is 0.299. The van der Waals surface area contributed by atoms with E-state index in [2.05, 4.69) is 6.07 Å². The minimum atomic E-state index is -0.614. The third-order valence-electron chi connectivity index (χ3n) is 2.71. The molecule has 108 valence electrons. The summed E-state index contributed by atoms with van der Waals surface area (Å²) in [5.41, 5.74) is 0.905. The van der Waals surface area contributed by atoms with Crippen LogP contribution in [0.25, 0.3) is 0 Å². The quantitative estimate of drug-likeness (QED) is 0.764. The normalized spacial score (nSPS) is 9.95. The summed E-state index contributed by atoms with van der Waals surface area (Å²) in [7, 11) is 0. The second kappa shape index (κ2) is 7.25. The summed E-state index contributed by atoms with van der Waals surface area (Å²) >= 11 is 0. The predicted molar refractivity (Wildman–Crippen MR) is 73.1 cm³/mol. The number of halogens is 2. The maximum atomic E-state index is 13.3. The molecule has 0 fully saturated rings. The number of hydrogen-bond donors (Lipinski definition) is 0. The lowest BCUT2D eigenvalue weighted by atomic mass is 10.2. The second-order valence-electron chi connectivity index (χ2n) is 4.25. The standard InChI is InChI=1S/C16H13F2NO2/c17-13-3-6-15(18)16(11-13)21-10-9-20-14-4-1-12(2-5-14)7-8-19/h1-6,11H,7,9-10H2. The van der Waals surface area contributed by atoms with Gasteiger partial charge in [-0.15, -0.1) is 0 Å². The van der Waals surface area contributed by atoms with E-state index in [9.17, 15) is 8.78 Å². The molecule has 0 unspecified atom stereocenters. The van der Waals surface area contributed by atoms with E-state index >= 15 is 0 Å². The van der Waals surface area contributed by atoms with Crippen LogP contribution in [0.4, 0.5) is 8.78 Å². The van der Waals surface area contributed by atoms with E-state index in [4.69, 9.17) is 14.7 Å². The van der Waals surface area contributed by atoms with Crippen LogP contribution in [0.5, 0.6) is 11.5 Å². The average Bonchev–Trinajstić information content (AvgIpc) is 2.49. The molecule has 0 spiro atoms. The maximum Gasteiger partial charge on any atom is 0.165 e. The molecule has 0 atom stereocenters. The molecule has 0 aliphatic rings. The SMILES string of the molecule is N#CCc1ccc(OCCOc2cc(F)ccc2F)cc1. The van der Waals surface area contributed by atoms with E-state index in [0.717, 1.165) is 23.8 Å². The van der Waals surface area contributed by atoms with Crippen molar-refractivity contribution < 1.29 is 18.3 Å². The smallest absolute Gasteiger partial charge is 0.165 e. The van der Waals surface area contributed by atoms with Gasteiger partial charge in [-0.2, -0.15) is 5.26 Å². The van der Waals surface area contributed by atoms with Gasteiger partial charge in [-0.05, 0) is 29.8 Å². The van der Waals surface area contributed by atoms with Crippen molar-refractivity contribution >= 4 is 0 Å². The molecule has 0 amide bonds. The molecule has 0 bridgehead atoms. The van der Waals surface area contributed by atoms with E-state index in [-0.39, 0.29) is 19.0 Å². The van der Waals surface area contributed by atoms with E-state index in [1.165, 1.54) is 0 Å². The largest absolute Gasteiger partial charge is 0.490 e. The fourth-order valence-electron chi connectivity index (χ4n) is 1.69. The number of nitriles is 1. The van der Waals surface area contributed by atoms with Crippen molar-refractivity contribution in [2.45, 2.75) is 6.42 Å². The van der Waals surface area contributed by atoms with Crippen molar-refractivity contribution in [1.82, 2.24) is 0 Å². The summed E-state index contributed by atoms with van der Waals surface area (Å²) in [6, 6.07) is 12.2. The van der Waals surface area contributed by atoms with E-state index < -0.39 is 11.6 Å². The van der Waals surface area contributed by atoms with Gasteiger partial charge >= 0.3 is 0 Å². The van der Waals surface area contributed by atoms with Gasteiger partial charge in [0.2, 0.25) is 0 Å². The Morgan fingerprint density at radius 2 is 1.67 bits per heavy atom. The molecule has 0 radical (unpaired) electrons. The third-order valence-corrected chi connectivity index (χ3v) is 2.71. The third kappa shape index (κ3) is 4.46. The number of hydrogen-bond acceptors (Lipinski definition) is 3. The monoisotopic (exact) mass is 289 g/mol. The number of nitrogens with zero attached hydrogens (tertiary/aromatic N) is 1. The zero-order valence-electron chi connectivity index (χ0n) is 11.2. The fraction of sp³-hybridized carbons (Fsp3) is 0.188. The minimum absolute atomic E-state index is 0.0975. The Balaban J connectivity index is 1.79. The fourth-order valence-corrected chi connectivity index (χ4v) is 1.69.